The largest absolute Gasteiger partial charge is 0.0801 e. The van der Waals surface area contributed by atoms with Gasteiger partial charge in [-0.15, -0.1) is 0 Å². The van der Waals surface area contributed by atoms with Crippen molar-refractivity contribution in [3.63, 3.8) is 0 Å². The zero-order chi connectivity index (χ0) is 16.3. The van der Waals surface area contributed by atoms with Crippen molar-refractivity contribution >= 4 is 0 Å². The van der Waals surface area contributed by atoms with Crippen LogP contribution in [0.4, 0.5) is 0 Å². The SMILES string of the molecule is CCC(C)C1=C(C(C)(c2ccccc2)c2ccccc2)CC=C1. The summed E-state index contributed by atoms with van der Waals surface area (Å²) in [6, 6.07) is 21.9. The highest BCUT2D eigenvalue weighted by atomic mass is 14.4. The van der Waals surface area contributed by atoms with Crippen molar-refractivity contribution in [1.29, 1.82) is 0 Å². The molecule has 0 amide bonds. The molecule has 118 valence electrons. The van der Waals surface area contributed by atoms with Crippen LogP contribution in [0.2, 0.25) is 0 Å². The molecule has 1 unspecified atom stereocenters. The third kappa shape index (κ3) is 2.79. The van der Waals surface area contributed by atoms with Crippen LogP contribution in [0.3, 0.4) is 0 Å². The molecular weight excluding hydrogens is 276 g/mol. The highest BCUT2D eigenvalue weighted by molar-refractivity contribution is 5.54. The van der Waals surface area contributed by atoms with Crippen LogP contribution < -0.4 is 0 Å². The van der Waals surface area contributed by atoms with E-state index in [0.29, 0.717) is 5.92 Å². The van der Waals surface area contributed by atoms with Crippen molar-refractivity contribution in [2.24, 2.45) is 5.92 Å². The normalized spacial score (nSPS) is 16.0. The van der Waals surface area contributed by atoms with Crippen LogP contribution in [0.5, 0.6) is 0 Å². The maximum Gasteiger partial charge on any atom is 0.0391 e. The van der Waals surface area contributed by atoms with Gasteiger partial charge in [-0.3, -0.25) is 0 Å². The van der Waals surface area contributed by atoms with Gasteiger partial charge >= 0.3 is 0 Å². The van der Waals surface area contributed by atoms with Crippen molar-refractivity contribution in [2.45, 2.75) is 39.0 Å². The standard InChI is InChI=1S/C23H26/c1-4-18(2)21-16-11-17-22(21)23(3,19-12-7-5-8-13-19)20-14-9-6-10-15-20/h5-16,18H,4,17H2,1-3H3. The summed E-state index contributed by atoms with van der Waals surface area (Å²) in [6.07, 6.45) is 6.93. The lowest BCUT2D eigenvalue weighted by Gasteiger charge is -2.35. The average Bonchev–Trinajstić information content (AvgIpc) is 3.12. The first-order valence-corrected chi connectivity index (χ1v) is 8.69. The Kier molecular flexibility index (Phi) is 4.52. The Labute approximate surface area is 140 Å². The highest BCUT2D eigenvalue weighted by Crippen LogP contribution is 2.45. The molecule has 0 radical (unpaired) electrons. The van der Waals surface area contributed by atoms with E-state index in [1.807, 2.05) is 0 Å². The van der Waals surface area contributed by atoms with Gasteiger partial charge in [0.15, 0.2) is 0 Å². The molecule has 1 aliphatic carbocycles. The first kappa shape index (κ1) is 15.8. The molecule has 1 aliphatic rings. The van der Waals surface area contributed by atoms with E-state index in [-0.39, 0.29) is 5.41 Å². The quantitative estimate of drug-likeness (QED) is 0.608. The third-order valence-electron chi connectivity index (χ3n) is 5.42. The molecule has 3 rings (SSSR count). The molecule has 0 bridgehead atoms. The monoisotopic (exact) mass is 302 g/mol. The molecule has 2 aromatic carbocycles. The fraction of sp³-hybridized carbons (Fsp3) is 0.304. The molecule has 2 aromatic rings. The lowest BCUT2D eigenvalue weighted by molar-refractivity contribution is 0.610. The second-order valence-electron chi connectivity index (χ2n) is 6.71. The number of rotatable bonds is 5. The second kappa shape index (κ2) is 6.58. The fourth-order valence-electron chi connectivity index (χ4n) is 3.75. The summed E-state index contributed by atoms with van der Waals surface area (Å²) in [4.78, 5) is 0. The molecule has 0 heterocycles. The predicted octanol–water partition coefficient (Wildman–Crippen LogP) is 6.30. The Bertz CT molecular complexity index is 665. The Morgan fingerprint density at radius 1 is 0.913 bits per heavy atom. The van der Waals surface area contributed by atoms with E-state index in [9.17, 15) is 0 Å². The summed E-state index contributed by atoms with van der Waals surface area (Å²) in [5.74, 6) is 0.607. The molecular formula is C23H26. The number of hydrogen-bond acceptors (Lipinski definition) is 0. The van der Waals surface area contributed by atoms with Crippen molar-refractivity contribution in [3.05, 3.63) is 95.1 Å². The van der Waals surface area contributed by atoms with Crippen LogP contribution in [0, 0.1) is 5.92 Å². The van der Waals surface area contributed by atoms with Crippen molar-refractivity contribution in [1.82, 2.24) is 0 Å². The van der Waals surface area contributed by atoms with E-state index in [1.165, 1.54) is 23.1 Å². The molecule has 23 heavy (non-hydrogen) atoms. The number of benzene rings is 2. The average molecular weight is 302 g/mol. The summed E-state index contributed by atoms with van der Waals surface area (Å²) in [5, 5.41) is 0. The molecule has 0 saturated heterocycles. The molecule has 0 nitrogen and oxygen atoms in total. The number of hydrogen-bond donors (Lipinski definition) is 0. The highest BCUT2D eigenvalue weighted by Gasteiger charge is 2.35. The minimum atomic E-state index is -0.0647. The van der Waals surface area contributed by atoms with Crippen LogP contribution in [0.15, 0.2) is 84.0 Å². The van der Waals surface area contributed by atoms with Gasteiger partial charge in [0.1, 0.15) is 0 Å². The van der Waals surface area contributed by atoms with E-state index in [0.717, 1.165) is 6.42 Å². The summed E-state index contributed by atoms with van der Waals surface area (Å²) >= 11 is 0. The topological polar surface area (TPSA) is 0 Å². The van der Waals surface area contributed by atoms with Gasteiger partial charge in [-0.05, 0) is 48.0 Å². The third-order valence-corrected chi connectivity index (χ3v) is 5.42. The molecule has 0 spiro atoms. The fourth-order valence-corrected chi connectivity index (χ4v) is 3.75. The summed E-state index contributed by atoms with van der Waals surface area (Å²) in [7, 11) is 0. The van der Waals surface area contributed by atoms with Gasteiger partial charge in [0.05, 0.1) is 0 Å². The van der Waals surface area contributed by atoms with Gasteiger partial charge in [-0.2, -0.15) is 0 Å². The van der Waals surface area contributed by atoms with Gasteiger partial charge < -0.3 is 0 Å². The van der Waals surface area contributed by atoms with Crippen LogP contribution in [-0.4, -0.2) is 0 Å². The minimum absolute atomic E-state index is 0.0647. The zero-order valence-electron chi connectivity index (χ0n) is 14.4. The first-order chi connectivity index (χ1) is 11.2. The predicted molar refractivity (Wildman–Crippen MR) is 99.6 cm³/mol. The smallest absolute Gasteiger partial charge is 0.0391 e. The van der Waals surface area contributed by atoms with Crippen molar-refractivity contribution in [3.8, 4) is 0 Å². The van der Waals surface area contributed by atoms with Gasteiger partial charge in [0.2, 0.25) is 0 Å². The lowest BCUT2D eigenvalue weighted by atomic mass is 9.68. The molecule has 0 aromatic heterocycles. The van der Waals surface area contributed by atoms with E-state index in [4.69, 9.17) is 0 Å². The lowest BCUT2D eigenvalue weighted by Crippen LogP contribution is -2.27. The van der Waals surface area contributed by atoms with Crippen LogP contribution in [0.25, 0.3) is 0 Å². The van der Waals surface area contributed by atoms with E-state index < -0.39 is 0 Å². The van der Waals surface area contributed by atoms with Gasteiger partial charge in [0, 0.05) is 5.41 Å². The summed E-state index contributed by atoms with van der Waals surface area (Å²) in [6.45, 7) is 7.02. The molecule has 0 fully saturated rings. The maximum absolute atomic E-state index is 2.39. The second-order valence-corrected chi connectivity index (χ2v) is 6.71. The van der Waals surface area contributed by atoms with Gasteiger partial charge in [-0.25, -0.2) is 0 Å². The first-order valence-electron chi connectivity index (χ1n) is 8.69. The van der Waals surface area contributed by atoms with E-state index >= 15 is 0 Å². The summed E-state index contributed by atoms with van der Waals surface area (Å²) in [5.41, 5.74) is 5.79. The van der Waals surface area contributed by atoms with E-state index in [1.54, 1.807) is 5.57 Å². The molecule has 0 heteroatoms. The Morgan fingerprint density at radius 2 is 1.43 bits per heavy atom. The Hall–Kier alpha value is -2.08. The van der Waals surface area contributed by atoms with Crippen LogP contribution in [0.1, 0.15) is 44.7 Å². The molecule has 0 aliphatic heterocycles. The van der Waals surface area contributed by atoms with Gasteiger partial charge in [0.25, 0.3) is 0 Å². The zero-order valence-corrected chi connectivity index (χ0v) is 14.4. The molecule has 0 N–H and O–H groups in total. The van der Waals surface area contributed by atoms with Crippen molar-refractivity contribution in [2.75, 3.05) is 0 Å². The molecule has 0 saturated carbocycles. The van der Waals surface area contributed by atoms with Crippen LogP contribution >= 0.6 is 0 Å². The van der Waals surface area contributed by atoms with Gasteiger partial charge in [-0.1, -0.05) is 86.7 Å². The van der Waals surface area contributed by atoms with Crippen LogP contribution in [-0.2, 0) is 5.41 Å². The molecule has 1 atom stereocenters. The van der Waals surface area contributed by atoms with Crippen molar-refractivity contribution < 1.29 is 0 Å². The minimum Gasteiger partial charge on any atom is -0.0801 e. The Balaban J connectivity index is 2.22. The maximum atomic E-state index is 2.39. The Morgan fingerprint density at radius 3 is 1.91 bits per heavy atom. The number of allylic oxidation sites excluding steroid dienone is 4. The summed E-state index contributed by atoms with van der Waals surface area (Å²) < 4.78 is 0. The van der Waals surface area contributed by atoms with E-state index in [2.05, 4.69) is 93.6 Å².